The van der Waals surface area contributed by atoms with Gasteiger partial charge in [-0.05, 0) is 40.1 Å². The van der Waals surface area contributed by atoms with E-state index in [-0.39, 0.29) is 12.3 Å². The maximum Gasteiger partial charge on any atom is 0.312 e. The van der Waals surface area contributed by atoms with Crippen LogP contribution in [0, 0.1) is 0 Å². The number of nitrogens with one attached hydrogen (secondary N) is 2. The summed E-state index contributed by atoms with van der Waals surface area (Å²) in [5, 5.41) is 18.2. The standard InChI is InChI=1S/C15H15N7O2S/c16-15(24)19-12(13-5-2-6-25-13)8-14(23)18-10-3-1-4-11(7-10)22-9-17-20-21-22/h1-7,9,12H,8H2,(H,18,23)(H3,16,19,24). The fourth-order valence-electron chi connectivity index (χ4n) is 2.29. The topological polar surface area (TPSA) is 128 Å². The molecule has 0 radical (unpaired) electrons. The molecule has 25 heavy (non-hydrogen) atoms. The minimum Gasteiger partial charge on any atom is -0.352 e. The summed E-state index contributed by atoms with van der Waals surface area (Å²) < 4.78 is 1.48. The van der Waals surface area contributed by atoms with Crippen molar-refractivity contribution < 1.29 is 9.59 Å². The van der Waals surface area contributed by atoms with Gasteiger partial charge < -0.3 is 16.4 Å². The average molecular weight is 357 g/mol. The molecule has 0 aliphatic carbocycles. The molecule has 1 unspecified atom stereocenters. The molecule has 10 heteroatoms. The summed E-state index contributed by atoms with van der Waals surface area (Å²) in [6.07, 6.45) is 1.53. The van der Waals surface area contributed by atoms with E-state index in [4.69, 9.17) is 5.73 Å². The Morgan fingerprint density at radius 2 is 2.16 bits per heavy atom. The monoisotopic (exact) mass is 357 g/mol. The van der Waals surface area contributed by atoms with Gasteiger partial charge in [-0.15, -0.1) is 16.4 Å². The van der Waals surface area contributed by atoms with Gasteiger partial charge in [0.25, 0.3) is 0 Å². The van der Waals surface area contributed by atoms with Crippen LogP contribution in [0.3, 0.4) is 0 Å². The number of nitrogens with two attached hydrogens (primary N) is 1. The van der Waals surface area contributed by atoms with Crippen molar-refractivity contribution in [1.29, 1.82) is 0 Å². The maximum absolute atomic E-state index is 12.4. The van der Waals surface area contributed by atoms with Gasteiger partial charge in [-0.2, -0.15) is 0 Å². The van der Waals surface area contributed by atoms with Crippen molar-refractivity contribution in [3.8, 4) is 5.69 Å². The third-order valence-electron chi connectivity index (χ3n) is 3.34. The third kappa shape index (κ3) is 4.38. The Morgan fingerprint density at radius 1 is 1.28 bits per heavy atom. The predicted octanol–water partition coefficient (Wildman–Crippen LogP) is 1.46. The summed E-state index contributed by atoms with van der Waals surface area (Å²) in [6, 6.07) is 9.65. The van der Waals surface area contributed by atoms with Gasteiger partial charge in [0.1, 0.15) is 6.33 Å². The van der Waals surface area contributed by atoms with Crippen LogP contribution in [0.4, 0.5) is 10.5 Å². The van der Waals surface area contributed by atoms with Gasteiger partial charge in [-0.3, -0.25) is 4.79 Å². The highest BCUT2D eigenvalue weighted by Crippen LogP contribution is 2.23. The van der Waals surface area contributed by atoms with Crippen LogP contribution in [0.15, 0.2) is 48.1 Å². The number of rotatable bonds is 6. The second-order valence-electron chi connectivity index (χ2n) is 5.13. The predicted molar refractivity (Wildman–Crippen MR) is 92.2 cm³/mol. The van der Waals surface area contributed by atoms with Crippen LogP contribution in [0.25, 0.3) is 5.69 Å². The van der Waals surface area contributed by atoms with Crippen LogP contribution in [0.1, 0.15) is 17.3 Å². The van der Waals surface area contributed by atoms with Crippen molar-refractivity contribution >= 4 is 29.0 Å². The fraction of sp³-hybridized carbons (Fsp3) is 0.133. The molecule has 3 amide bonds. The molecule has 0 aliphatic rings. The summed E-state index contributed by atoms with van der Waals surface area (Å²) >= 11 is 1.45. The van der Waals surface area contributed by atoms with Crippen molar-refractivity contribution in [2.24, 2.45) is 5.73 Å². The van der Waals surface area contributed by atoms with Gasteiger partial charge in [-0.25, -0.2) is 9.48 Å². The molecular weight excluding hydrogens is 342 g/mol. The lowest BCUT2D eigenvalue weighted by atomic mass is 10.1. The Hall–Kier alpha value is -3.27. The van der Waals surface area contributed by atoms with Crippen LogP contribution in [0.5, 0.6) is 0 Å². The molecule has 1 aromatic carbocycles. The van der Waals surface area contributed by atoms with Gasteiger partial charge in [0.2, 0.25) is 5.91 Å². The van der Waals surface area contributed by atoms with E-state index in [9.17, 15) is 9.59 Å². The molecule has 4 N–H and O–H groups in total. The SMILES string of the molecule is NC(=O)NC(CC(=O)Nc1cccc(-n2cnnn2)c1)c1cccs1. The second-order valence-corrected chi connectivity index (χ2v) is 6.11. The van der Waals surface area contributed by atoms with Gasteiger partial charge in [-0.1, -0.05) is 12.1 Å². The Morgan fingerprint density at radius 3 is 2.84 bits per heavy atom. The van der Waals surface area contributed by atoms with Crippen molar-refractivity contribution in [3.05, 3.63) is 53.0 Å². The van der Waals surface area contributed by atoms with E-state index in [1.165, 1.54) is 22.3 Å². The maximum atomic E-state index is 12.4. The van der Waals surface area contributed by atoms with Gasteiger partial charge in [0.15, 0.2) is 0 Å². The smallest absolute Gasteiger partial charge is 0.312 e. The minimum absolute atomic E-state index is 0.0680. The number of amides is 3. The number of hydrogen-bond acceptors (Lipinski definition) is 6. The highest BCUT2D eigenvalue weighted by molar-refractivity contribution is 7.10. The van der Waals surface area contributed by atoms with Crippen LogP contribution in [0.2, 0.25) is 0 Å². The summed E-state index contributed by atoms with van der Waals surface area (Å²) in [4.78, 5) is 24.4. The molecular formula is C15H15N7O2S. The number of benzene rings is 1. The zero-order valence-electron chi connectivity index (χ0n) is 13.0. The Kier molecular flexibility index (Phi) is 5.00. The molecule has 128 valence electrons. The first-order valence-corrected chi connectivity index (χ1v) is 8.22. The molecule has 0 fully saturated rings. The molecule has 9 nitrogen and oxygen atoms in total. The van der Waals surface area contributed by atoms with Crippen LogP contribution >= 0.6 is 11.3 Å². The quantitative estimate of drug-likeness (QED) is 0.615. The van der Waals surface area contributed by atoms with Crippen molar-refractivity contribution in [2.45, 2.75) is 12.5 Å². The van der Waals surface area contributed by atoms with E-state index in [2.05, 4.69) is 26.2 Å². The number of aromatic nitrogens is 4. The Bertz CT molecular complexity index is 849. The zero-order chi connectivity index (χ0) is 17.6. The number of nitrogens with zero attached hydrogens (tertiary/aromatic N) is 4. The van der Waals surface area contributed by atoms with Gasteiger partial charge in [0, 0.05) is 10.6 Å². The molecule has 1 atom stereocenters. The summed E-state index contributed by atoms with van der Waals surface area (Å²) in [5.74, 6) is -0.249. The first kappa shape index (κ1) is 16.6. The van der Waals surface area contributed by atoms with E-state index in [0.29, 0.717) is 11.4 Å². The molecule has 0 bridgehead atoms. The molecule has 3 aromatic rings. The minimum atomic E-state index is -0.674. The Balaban J connectivity index is 1.69. The number of anilines is 1. The number of urea groups is 1. The van der Waals surface area contributed by atoms with E-state index in [0.717, 1.165) is 4.88 Å². The number of thiophene rings is 1. The summed E-state index contributed by atoms with van der Waals surface area (Å²) in [6.45, 7) is 0. The van der Waals surface area contributed by atoms with Crippen molar-refractivity contribution in [2.75, 3.05) is 5.32 Å². The molecule has 0 aliphatic heterocycles. The highest BCUT2D eigenvalue weighted by atomic mass is 32.1. The second kappa shape index (κ2) is 7.53. The van der Waals surface area contributed by atoms with Crippen molar-refractivity contribution in [1.82, 2.24) is 25.5 Å². The lowest BCUT2D eigenvalue weighted by molar-refractivity contribution is -0.116. The van der Waals surface area contributed by atoms with E-state index in [1.807, 2.05) is 23.6 Å². The number of tetrazole rings is 1. The molecule has 0 saturated heterocycles. The lowest BCUT2D eigenvalue weighted by Crippen LogP contribution is -2.34. The Labute approximate surface area is 146 Å². The first-order chi connectivity index (χ1) is 12.1. The normalized spacial score (nSPS) is 11.7. The van der Waals surface area contributed by atoms with Gasteiger partial charge >= 0.3 is 6.03 Å². The van der Waals surface area contributed by atoms with E-state index in [1.54, 1.807) is 18.2 Å². The molecule has 0 spiro atoms. The number of carbonyl (C=O) groups is 2. The van der Waals surface area contributed by atoms with Crippen LogP contribution in [-0.4, -0.2) is 32.1 Å². The number of carbonyl (C=O) groups excluding carboxylic acids is 2. The fourth-order valence-corrected chi connectivity index (χ4v) is 3.07. The van der Waals surface area contributed by atoms with E-state index < -0.39 is 12.1 Å². The van der Waals surface area contributed by atoms with Gasteiger partial charge in [0.05, 0.1) is 18.2 Å². The lowest BCUT2D eigenvalue weighted by Gasteiger charge is -2.16. The molecule has 2 heterocycles. The van der Waals surface area contributed by atoms with E-state index >= 15 is 0 Å². The molecule has 2 aromatic heterocycles. The number of hydrogen-bond donors (Lipinski definition) is 3. The third-order valence-corrected chi connectivity index (χ3v) is 4.32. The zero-order valence-corrected chi connectivity index (χ0v) is 13.8. The summed E-state index contributed by atoms with van der Waals surface area (Å²) in [5.41, 5.74) is 6.52. The average Bonchev–Trinajstić information content (AvgIpc) is 3.28. The summed E-state index contributed by atoms with van der Waals surface area (Å²) in [7, 11) is 0. The highest BCUT2D eigenvalue weighted by Gasteiger charge is 2.18. The van der Waals surface area contributed by atoms with Crippen LogP contribution < -0.4 is 16.4 Å². The molecule has 0 saturated carbocycles. The van der Waals surface area contributed by atoms with Crippen LogP contribution in [-0.2, 0) is 4.79 Å². The molecule has 3 rings (SSSR count). The first-order valence-electron chi connectivity index (χ1n) is 7.34. The number of primary amides is 1. The largest absolute Gasteiger partial charge is 0.352 e. The van der Waals surface area contributed by atoms with Crippen molar-refractivity contribution in [3.63, 3.8) is 0 Å².